The summed E-state index contributed by atoms with van der Waals surface area (Å²) in [5, 5.41) is 2.71. The summed E-state index contributed by atoms with van der Waals surface area (Å²) in [6.07, 6.45) is 6.46. The zero-order valence-electron chi connectivity index (χ0n) is 13.0. The third kappa shape index (κ3) is 4.91. The number of nitrogens with zero attached hydrogens (tertiary/aromatic N) is 1. The molecule has 1 aromatic carbocycles. The van der Waals surface area contributed by atoms with Crippen molar-refractivity contribution in [1.29, 1.82) is 0 Å². The van der Waals surface area contributed by atoms with Crippen LogP contribution in [0, 0.1) is 5.92 Å². The Bertz CT molecular complexity index is 550. The van der Waals surface area contributed by atoms with E-state index in [4.69, 9.17) is 4.74 Å². The smallest absolute Gasteiger partial charge is 0.306 e. The van der Waals surface area contributed by atoms with Crippen LogP contribution < -0.4 is 10.2 Å². The summed E-state index contributed by atoms with van der Waals surface area (Å²) >= 11 is 0. The minimum absolute atomic E-state index is 0.245. The molecule has 0 aromatic heterocycles. The van der Waals surface area contributed by atoms with Crippen LogP contribution in [-0.4, -0.2) is 32.6 Å². The molecule has 22 heavy (non-hydrogen) atoms. The van der Waals surface area contributed by atoms with E-state index in [0.717, 1.165) is 18.5 Å². The number of allylic oxidation sites excluding steroid dienone is 2. The lowest BCUT2D eigenvalue weighted by molar-refractivity contribution is -0.147. The molecule has 1 atom stereocenters. The van der Waals surface area contributed by atoms with Gasteiger partial charge in [0.15, 0.2) is 6.61 Å². The molecular weight excluding hydrogens is 280 g/mol. The van der Waals surface area contributed by atoms with Crippen LogP contribution in [0.4, 0.5) is 11.4 Å². The molecular formula is C17H22N2O3. The number of rotatable bonds is 6. The molecule has 0 radical (unpaired) electrons. The van der Waals surface area contributed by atoms with Crippen LogP contribution in [-0.2, 0) is 14.3 Å². The Morgan fingerprint density at radius 2 is 2.00 bits per heavy atom. The van der Waals surface area contributed by atoms with E-state index in [9.17, 15) is 9.59 Å². The lowest BCUT2D eigenvalue weighted by Crippen LogP contribution is -2.21. The molecule has 1 N–H and O–H groups in total. The number of benzene rings is 1. The Labute approximate surface area is 130 Å². The molecule has 0 fully saturated rings. The molecule has 0 heterocycles. The normalized spacial score (nSPS) is 16.4. The third-order valence-corrected chi connectivity index (χ3v) is 3.57. The SMILES string of the molecule is CN(C)c1ccc(NC(=O)COC(=O)C[C@@H]2C=CCC2)cc1. The van der Waals surface area contributed by atoms with Crippen molar-refractivity contribution >= 4 is 23.3 Å². The highest BCUT2D eigenvalue weighted by atomic mass is 16.5. The topological polar surface area (TPSA) is 58.6 Å². The molecule has 0 bridgehead atoms. The summed E-state index contributed by atoms with van der Waals surface area (Å²) < 4.78 is 5.01. The maximum absolute atomic E-state index is 11.8. The molecule has 1 amide bonds. The number of carbonyl (C=O) groups excluding carboxylic acids is 2. The predicted octanol–water partition coefficient (Wildman–Crippen LogP) is 2.59. The standard InChI is InChI=1S/C17H22N2O3/c1-19(2)15-9-7-14(8-10-15)18-16(20)12-22-17(21)11-13-5-3-4-6-13/h3,5,7-10,13H,4,6,11-12H2,1-2H3,(H,18,20)/t13-/m1/s1. The van der Waals surface area contributed by atoms with Gasteiger partial charge in [-0.2, -0.15) is 0 Å². The number of nitrogens with one attached hydrogen (secondary N) is 1. The summed E-state index contributed by atoms with van der Waals surface area (Å²) in [5.41, 5.74) is 1.74. The Hall–Kier alpha value is -2.30. The number of hydrogen-bond acceptors (Lipinski definition) is 4. The lowest BCUT2D eigenvalue weighted by atomic mass is 10.1. The molecule has 1 aromatic rings. The molecule has 118 valence electrons. The molecule has 0 saturated carbocycles. The van der Waals surface area contributed by atoms with Gasteiger partial charge in [-0.1, -0.05) is 12.2 Å². The van der Waals surface area contributed by atoms with Crippen LogP contribution >= 0.6 is 0 Å². The predicted molar refractivity (Wildman–Crippen MR) is 86.8 cm³/mol. The van der Waals surface area contributed by atoms with E-state index in [-0.39, 0.29) is 24.4 Å². The maximum atomic E-state index is 11.8. The summed E-state index contributed by atoms with van der Waals surface area (Å²) in [7, 11) is 3.90. The summed E-state index contributed by atoms with van der Waals surface area (Å²) in [6, 6.07) is 7.46. The average molecular weight is 302 g/mol. The van der Waals surface area contributed by atoms with Crippen LogP contribution in [0.1, 0.15) is 19.3 Å². The summed E-state index contributed by atoms with van der Waals surface area (Å²) in [5.74, 6) is -0.392. The fraction of sp³-hybridized carbons (Fsp3) is 0.412. The number of amides is 1. The van der Waals surface area contributed by atoms with E-state index in [0.29, 0.717) is 12.1 Å². The van der Waals surface area contributed by atoms with Crippen LogP contribution in [0.2, 0.25) is 0 Å². The van der Waals surface area contributed by atoms with E-state index >= 15 is 0 Å². The number of anilines is 2. The molecule has 1 aliphatic carbocycles. The van der Waals surface area contributed by atoms with Gasteiger partial charge in [0.25, 0.3) is 5.91 Å². The van der Waals surface area contributed by atoms with E-state index in [1.54, 1.807) is 0 Å². The quantitative estimate of drug-likeness (QED) is 0.648. The van der Waals surface area contributed by atoms with Gasteiger partial charge < -0.3 is 15.0 Å². The monoisotopic (exact) mass is 302 g/mol. The highest BCUT2D eigenvalue weighted by Crippen LogP contribution is 2.20. The molecule has 1 aliphatic rings. The van der Waals surface area contributed by atoms with Crippen LogP contribution in [0.5, 0.6) is 0 Å². The van der Waals surface area contributed by atoms with Crippen molar-refractivity contribution in [3.05, 3.63) is 36.4 Å². The Morgan fingerprint density at radius 3 is 2.59 bits per heavy atom. The van der Waals surface area contributed by atoms with Gasteiger partial charge in [0.05, 0.1) is 6.42 Å². The second-order valence-electron chi connectivity index (χ2n) is 5.62. The summed E-state index contributed by atoms with van der Waals surface area (Å²) in [4.78, 5) is 25.4. The molecule has 5 heteroatoms. The first kappa shape index (κ1) is 16.1. The van der Waals surface area contributed by atoms with E-state index in [1.165, 1.54) is 0 Å². The van der Waals surface area contributed by atoms with Crippen molar-refractivity contribution in [3.8, 4) is 0 Å². The van der Waals surface area contributed by atoms with Crippen LogP contribution in [0.25, 0.3) is 0 Å². The Kier molecular flexibility index (Phi) is 5.58. The molecule has 0 aliphatic heterocycles. The average Bonchev–Trinajstić information content (AvgIpc) is 2.98. The molecule has 0 unspecified atom stereocenters. The highest BCUT2D eigenvalue weighted by Gasteiger charge is 2.16. The third-order valence-electron chi connectivity index (χ3n) is 3.57. The van der Waals surface area contributed by atoms with Crippen molar-refractivity contribution in [2.75, 3.05) is 30.9 Å². The fourth-order valence-electron chi connectivity index (χ4n) is 2.32. The van der Waals surface area contributed by atoms with Crippen LogP contribution in [0.15, 0.2) is 36.4 Å². The minimum Gasteiger partial charge on any atom is -0.456 e. The zero-order valence-corrected chi connectivity index (χ0v) is 13.0. The minimum atomic E-state index is -0.326. The molecule has 5 nitrogen and oxygen atoms in total. The van der Waals surface area contributed by atoms with Gasteiger partial charge in [-0.3, -0.25) is 9.59 Å². The van der Waals surface area contributed by atoms with Crippen molar-refractivity contribution < 1.29 is 14.3 Å². The highest BCUT2D eigenvalue weighted by molar-refractivity contribution is 5.92. The first-order valence-corrected chi connectivity index (χ1v) is 7.44. The van der Waals surface area contributed by atoms with E-state index in [2.05, 4.69) is 11.4 Å². The van der Waals surface area contributed by atoms with Crippen molar-refractivity contribution in [3.63, 3.8) is 0 Å². The zero-order chi connectivity index (χ0) is 15.9. The van der Waals surface area contributed by atoms with Gasteiger partial charge in [-0.25, -0.2) is 0 Å². The fourth-order valence-corrected chi connectivity index (χ4v) is 2.32. The lowest BCUT2D eigenvalue weighted by Gasteiger charge is -2.13. The van der Waals surface area contributed by atoms with Crippen LogP contribution in [0.3, 0.4) is 0 Å². The van der Waals surface area contributed by atoms with Gasteiger partial charge in [-0.15, -0.1) is 0 Å². The number of hydrogen-bond donors (Lipinski definition) is 1. The maximum Gasteiger partial charge on any atom is 0.306 e. The Balaban J connectivity index is 1.72. The first-order chi connectivity index (χ1) is 10.5. The van der Waals surface area contributed by atoms with Gasteiger partial charge in [0.1, 0.15) is 0 Å². The molecule has 2 rings (SSSR count). The summed E-state index contributed by atoms with van der Waals surface area (Å²) in [6.45, 7) is -0.245. The first-order valence-electron chi connectivity index (χ1n) is 7.44. The largest absolute Gasteiger partial charge is 0.456 e. The van der Waals surface area contributed by atoms with Gasteiger partial charge in [-0.05, 0) is 43.0 Å². The number of carbonyl (C=O) groups is 2. The van der Waals surface area contributed by atoms with Gasteiger partial charge in [0, 0.05) is 25.5 Å². The van der Waals surface area contributed by atoms with Crippen molar-refractivity contribution in [1.82, 2.24) is 0 Å². The molecule has 0 spiro atoms. The number of ether oxygens (including phenoxy) is 1. The number of esters is 1. The van der Waals surface area contributed by atoms with Gasteiger partial charge in [0.2, 0.25) is 0 Å². The molecule has 0 saturated heterocycles. The van der Waals surface area contributed by atoms with Crippen molar-refractivity contribution in [2.45, 2.75) is 19.3 Å². The second-order valence-corrected chi connectivity index (χ2v) is 5.62. The Morgan fingerprint density at radius 1 is 1.27 bits per heavy atom. The van der Waals surface area contributed by atoms with Crippen molar-refractivity contribution in [2.24, 2.45) is 5.92 Å². The van der Waals surface area contributed by atoms with E-state index in [1.807, 2.05) is 49.3 Å². The van der Waals surface area contributed by atoms with Gasteiger partial charge >= 0.3 is 5.97 Å². The second kappa shape index (κ2) is 7.64. The van der Waals surface area contributed by atoms with E-state index < -0.39 is 0 Å².